The third-order valence-electron chi connectivity index (χ3n) is 5.42. The minimum Gasteiger partial charge on any atom is -0.335 e. The van der Waals surface area contributed by atoms with Crippen LogP contribution in [0.5, 0.6) is 0 Å². The fraction of sp³-hybridized carbons (Fsp3) is 0.304. The van der Waals surface area contributed by atoms with Crippen LogP contribution in [0.2, 0.25) is 5.02 Å². The van der Waals surface area contributed by atoms with Gasteiger partial charge in [0.2, 0.25) is 0 Å². The molecule has 0 radical (unpaired) electrons. The highest BCUT2D eigenvalue weighted by Gasteiger charge is 2.20. The number of urea groups is 1. The molecule has 1 aromatic heterocycles. The van der Waals surface area contributed by atoms with Crippen LogP contribution in [-0.2, 0) is 6.54 Å². The smallest absolute Gasteiger partial charge is 0.319 e. The second kappa shape index (κ2) is 9.32. The van der Waals surface area contributed by atoms with Gasteiger partial charge >= 0.3 is 6.03 Å². The van der Waals surface area contributed by atoms with E-state index in [4.69, 9.17) is 11.6 Å². The largest absolute Gasteiger partial charge is 0.335 e. The molecule has 30 heavy (non-hydrogen) atoms. The molecule has 7 heteroatoms. The normalized spacial score (nSPS) is 15.1. The first-order chi connectivity index (χ1) is 14.6. The summed E-state index contributed by atoms with van der Waals surface area (Å²) in [7, 11) is 0. The number of aromatic nitrogens is 2. The van der Waals surface area contributed by atoms with Crippen molar-refractivity contribution in [1.82, 2.24) is 20.0 Å². The summed E-state index contributed by atoms with van der Waals surface area (Å²) >= 11 is 5.96. The molecule has 156 valence electrons. The van der Waals surface area contributed by atoms with Crippen LogP contribution in [0.3, 0.4) is 0 Å². The molecule has 6 nitrogen and oxygen atoms in total. The van der Waals surface area contributed by atoms with Crippen LogP contribution < -0.4 is 10.6 Å². The van der Waals surface area contributed by atoms with E-state index in [0.717, 1.165) is 54.6 Å². The van der Waals surface area contributed by atoms with Crippen molar-refractivity contribution in [2.45, 2.75) is 32.4 Å². The standard InChI is InChI=1S/C23H26ClN5O/c1-17-9-12-25-29(17)22-4-2-3-21(15-22)27-23(30)26-20-10-13-28(14-11-20)16-18-5-7-19(24)8-6-18/h2-9,12,15,20H,10-11,13-14,16H2,1H3,(H2,26,27,30). The van der Waals surface area contributed by atoms with E-state index in [1.807, 2.05) is 54.1 Å². The fourth-order valence-electron chi connectivity index (χ4n) is 3.79. The lowest BCUT2D eigenvalue weighted by Gasteiger charge is -2.32. The van der Waals surface area contributed by atoms with E-state index < -0.39 is 0 Å². The molecule has 1 aliphatic rings. The van der Waals surface area contributed by atoms with Gasteiger partial charge in [-0.3, -0.25) is 4.90 Å². The molecule has 1 saturated heterocycles. The predicted octanol–water partition coefficient (Wildman–Crippen LogP) is 4.62. The molecule has 0 spiro atoms. The Hall–Kier alpha value is -2.83. The molecule has 0 unspecified atom stereocenters. The van der Waals surface area contributed by atoms with Crippen molar-refractivity contribution >= 4 is 23.3 Å². The highest BCUT2D eigenvalue weighted by atomic mass is 35.5. The third-order valence-corrected chi connectivity index (χ3v) is 5.67. The summed E-state index contributed by atoms with van der Waals surface area (Å²) in [4.78, 5) is 14.9. The van der Waals surface area contributed by atoms with Crippen LogP contribution in [-0.4, -0.2) is 39.8 Å². The van der Waals surface area contributed by atoms with Gasteiger partial charge in [0.1, 0.15) is 0 Å². The Morgan fingerprint density at radius 3 is 2.60 bits per heavy atom. The number of likely N-dealkylation sites (tertiary alicyclic amines) is 1. The van der Waals surface area contributed by atoms with Crippen LogP contribution >= 0.6 is 11.6 Å². The van der Waals surface area contributed by atoms with Gasteiger partial charge in [-0.25, -0.2) is 9.48 Å². The number of hydrogen-bond donors (Lipinski definition) is 2. The van der Waals surface area contributed by atoms with E-state index in [1.54, 1.807) is 6.20 Å². The molecule has 1 fully saturated rings. The quantitative estimate of drug-likeness (QED) is 0.629. The van der Waals surface area contributed by atoms with E-state index in [0.29, 0.717) is 0 Å². The summed E-state index contributed by atoms with van der Waals surface area (Å²) in [5, 5.41) is 11.1. The topological polar surface area (TPSA) is 62.2 Å². The van der Waals surface area contributed by atoms with Crippen molar-refractivity contribution in [3.63, 3.8) is 0 Å². The Kier molecular flexibility index (Phi) is 6.35. The molecule has 4 rings (SSSR count). The Morgan fingerprint density at radius 1 is 1.13 bits per heavy atom. The summed E-state index contributed by atoms with van der Waals surface area (Å²) in [6.07, 6.45) is 3.64. The first-order valence-electron chi connectivity index (χ1n) is 10.2. The monoisotopic (exact) mass is 423 g/mol. The van der Waals surface area contributed by atoms with Crippen LogP contribution in [0.25, 0.3) is 5.69 Å². The van der Waals surface area contributed by atoms with Crippen molar-refractivity contribution in [3.05, 3.63) is 77.1 Å². The number of carbonyl (C=O) groups excluding carboxylic acids is 1. The summed E-state index contributed by atoms with van der Waals surface area (Å²) in [5.41, 5.74) is 3.98. The summed E-state index contributed by atoms with van der Waals surface area (Å²) in [6, 6.07) is 17.7. The van der Waals surface area contributed by atoms with E-state index in [2.05, 4.69) is 32.8 Å². The molecule has 0 atom stereocenters. The van der Waals surface area contributed by atoms with Gasteiger partial charge in [-0.15, -0.1) is 0 Å². The zero-order valence-corrected chi connectivity index (χ0v) is 17.8. The zero-order valence-electron chi connectivity index (χ0n) is 17.0. The van der Waals surface area contributed by atoms with Crippen LogP contribution in [0.15, 0.2) is 60.8 Å². The van der Waals surface area contributed by atoms with Gasteiger partial charge in [0, 0.05) is 48.3 Å². The molecule has 2 aromatic carbocycles. The molecule has 2 amide bonds. The second-order valence-electron chi connectivity index (χ2n) is 7.71. The Morgan fingerprint density at radius 2 is 1.90 bits per heavy atom. The molecular weight excluding hydrogens is 398 g/mol. The molecular formula is C23H26ClN5O. The minimum absolute atomic E-state index is 0.166. The Balaban J connectivity index is 1.26. The van der Waals surface area contributed by atoms with Crippen molar-refractivity contribution < 1.29 is 4.79 Å². The van der Waals surface area contributed by atoms with Crippen molar-refractivity contribution in [1.29, 1.82) is 0 Å². The van der Waals surface area contributed by atoms with E-state index >= 15 is 0 Å². The van der Waals surface area contributed by atoms with Crippen LogP contribution in [0.1, 0.15) is 24.1 Å². The van der Waals surface area contributed by atoms with Gasteiger partial charge in [0.05, 0.1) is 5.69 Å². The number of hydrogen-bond acceptors (Lipinski definition) is 3. The maximum Gasteiger partial charge on any atom is 0.319 e. The second-order valence-corrected chi connectivity index (χ2v) is 8.15. The first-order valence-corrected chi connectivity index (χ1v) is 10.6. The number of rotatable bonds is 5. The van der Waals surface area contributed by atoms with Gasteiger partial charge in [-0.1, -0.05) is 29.8 Å². The maximum atomic E-state index is 12.5. The highest BCUT2D eigenvalue weighted by Crippen LogP contribution is 2.18. The number of halogens is 1. The van der Waals surface area contributed by atoms with Gasteiger partial charge in [0.15, 0.2) is 0 Å². The predicted molar refractivity (Wildman–Crippen MR) is 120 cm³/mol. The third kappa shape index (κ3) is 5.20. The number of aryl methyl sites for hydroxylation is 1. The Labute approximate surface area is 181 Å². The lowest BCUT2D eigenvalue weighted by molar-refractivity contribution is 0.190. The number of carbonyl (C=O) groups is 1. The van der Waals surface area contributed by atoms with E-state index in [-0.39, 0.29) is 12.1 Å². The van der Waals surface area contributed by atoms with E-state index in [9.17, 15) is 4.79 Å². The number of nitrogens with zero attached hydrogens (tertiary/aromatic N) is 3. The van der Waals surface area contributed by atoms with Gasteiger partial charge < -0.3 is 10.6 Å². The maximum absolute atomic E-state index is 12.5. The van der Waals surface area contributed by atoms with Gasteiger partial charge in [-0.2, -0.15) is 5.10 Å². The van der Waals surface area contributed by atoms with E-state index in [1.165, 1.54) is 5.56 Å². The first kappa shape index (κ1) is 20.4. The number of nitrogens with one attached hydrogen (secondary N) is 2. The molecule has 2 N–H and O–H groups in total. The number of piperidine rings is 1. The number of amides is 2. The van der Waals surface area contributed by atoms with Crippen LogP contribution in [0, 0.1) is 6.92 Å². The summed E-state index contributed by atoms with van der Waals surface area (Å²) in [5.74, 6) is 0. The average Bonchev–Trinajstić information content (AvgIpc) is 3.17. The molecule has 0 bridgehead atoms. The highest BCUT2D eigenvalue weighted by molar-refractivity contribution is 6.30. The van der Waals surface area contributed by atoms with Crippen molar-refractivity contribution in [3.8, 4) is 5.69 Å². The average molecular weight is 424 g/mol. The molecule has 0 aliphatic carbocycles. The number of anilines is 1. The lowest BCUT2D eigenvalue weighted by Crippen LogP contribution is -2.45. The summed E-state index contributed by atoms with van der Waals surface area (Å²) < 4.78 is 1.85. The van der Waals surface area contributed by atoms with Crippen LogP contribution in [0.4, 0.5) is 10.5 Å². The Bertz CT molecular complexity index is 993. The lowest BCUT2D eigenvalue weighted by atomic mass is 10.0. The number of benzene rings is 2. The fourth-order valence-corrected chi connectivity index (χ4v) is 3.92. The van der Waals surface area contributed by atoms with Crippen molar-refractivity contribution in [2.75, 3.05) is 18.4 Å². The zero-order chi connectivity index (χ0) is 20.9. The van der Waals surface area contributed by atoms with Gasteiger partial charge in [0.25, 0.3) is 0 Å². The van der Waals surface area contributed by atoms with Gasteiger partial charge in [-0.05, 0) is 61.7 Å². The minimum atomic E-state index is -0.166. The molecule has 3 aromatic rings. The molecule has 1 aliphatic heterocycles. The molecule has 0 saturated carbocycles. The molecule has 2 heterocycles. The summed E-state index contributed by atoms with van der Waals surface area (Å²) in [6.45, 7) is 4.83. The SMILES string of the molecule is Cc1ccnn1-c1cccc(NC(=O)NC2CCN(Cc3ccc(Cl)cc3)CC2)c1. The van der Waals surface area contributed by atoms with Crippen molar-refractivity contribution in [2.24, 2.45) is 0 Å².